The molecule has 0 aliphatic heterocycles. The molecular weight excluding hydrogens is 264 g/mol. The summed E-state index contributed by atoms with van der Waals surface area (Å²) in [6.45, 7) is 0. The lowest BCUT2D eigenvalue weighted by Gasteiger charge is -2.11. The Balaban J connectivity index is 2.68. The molecule has 0 saturated carbocycles. The molecule has 0 unspecified atom stereocenters. The average Bonchev–Trinajstić information content (AvgIpc) is 2.44. The largest absolute Gasteiger partial charge is 0.494 e. The van der Waals surface area contributed by atoms with E-state index >= 15 is 0 Å². The van der Waals surface area contributed by atoms with Crippen molar-refractivity contribution in [2.45, 2.75) is 0 Å². The van der Waals surface area contributed by atoms with E-state index in [9.17, 15) is 4.79 Å². The molecular formula is C14H11ClN2O2. The van der Waals surface area contributed by atoms with Gasteiger partial charge in [0.1, 0.15) is 5.75 Å². The van der Waals surface area contributed by atoms with Crippen molar-refractivity contribution in [2.24, 2.45) is 7.05 Å². The number of benzene rings is 1. The maximum Gasteiger partial charge on any atom is 0.260 e. The first-order chi connectivity index (χ1) is 9.13. The third kappa shape index (κ3) is 1.68. The molecule has 96 valence electrons. The zero-order chi connectivity index (χ0) is 13.6. The number of aromatic nitrogens is 2. The summed E-state index contributed by atoms with van der Waals surface area (Å²) >= 11 is 6.01. The summed E-state index contributed by atoms with van der Waals surface area (Å²) in [6.07, 6.45) is 3.17. The van der Waals surface area contributed by atoms with Gasteiger partial charge in [-0.05, 0) is 12.1 Å². The molecule has 5 heteroatoms. The summed E-state index contributed by atoms with van der Waals surface area (Å²) in [5, 5.41) is 2.82. The number of aryl methyl sites for hydroxylation is 1. The fourth-order valence-corrected chi connectivity index (χ4v) is 2.49. The molecule has 3 rings (SSSR count). The predicted molar refractivity (Wildman–Crippen MR) is 76.1 cm³/mol. The Kier molecular flexibility index (Phi) is 2.68. The Bertz CT molecular complexity index is 855. The summed E-state index contributed by atoms with van der Waals surface area (Å²) < 4.78 is 6.89. The fourth-order valence-electron chi connectivity index (χ4n) is 2.32. The quantitative estimate of drug-likeness (QED) is 0.641. The fraction of sp³-hybridized carbons (Fsp3) is 0.143. The highest BCUT2D eigenvalue weighted by Crippen LogP contribution is 2.30. The number of hydrogen-bond donors (Lipinski definition) is 0. The van der Waals surface area contributed by atoms with Gasteiger partial charge in [-0.1, -0.05) is 17.7 Å². The maximum atomic E-state index is 12.3. The van der Waals surface area contributed by atoms with E-state index in [1.807, 2.05) is 6.07 Å². The van der Waals surface area contributed by atoms with E-state index in [-0.39, 0.29) is 5.56 Å². The monoisotopic (exact) mass is 274 g/mol. The smallest absolute Gasteiger partial charge is 0.260 e. The van der Waals surface area contributed by atoms with Gasteiger partial charge in [0.15, 0.2) is 0 Å². The van der Waals surface area contributed by atoms with Crippen molar-refractivity contribution in [1.82, 2.24) is 9.55 Å². The van der Waals surface area contributed by atoms with Gasteiger partial charge in [-0.3, -0.25) is 9.78 Å². The summed E-state index contributed by atoms with van der Waals surface area (Å²) in [7, 11) is 3.29. The SMILES string of the molecule is COc1cncc2c(=O)n(C)c3cc(Cl)ccc3c12. The number of fused-ring (bicyclic) bond motifs is 3. The number of nitrogens with zero attached hydrogens (tertiary/aromatic N) is 2. The zero-order valence-corrected chi connectivity index (χ0v) is 11.2. The summed E-state index contributed by atoms with van der Waals surface area (Å²) in [4.78, 5) is 16.4. The Morgan fingerprint density at radius 2 is 2.05 bits per heavy atom. The number of hydrogen-bond acceptors (Lipinski definition) is 3. The minimum atomic E-state index is -0.115. The first-order valence-electron chi connectivity index (χ1n) is 5.73. The molecule has 0 spiro atoms. The van der Waals surface area contributed by atoms with Crippen LogP contribution in [0, 0.1) is 0 Å². The van der Waals surface area contributed by atoms with Crippen molar-refractivity contribution in [3.05, 3.63) is 46.0 Å². The van der Waals surface area contributed by atoms with E-state index in [0.717, 1.165) is 16.3 Å². The van der Waals surface area contributed by atoms with Gasteiger partial charge in [-0.25, -0.2) is 0 Å². The molecule has 3 aromatic rings. The molecule has 19 heavy (non-hydrogen) atoms. The molecule has 1 aromatic carbocycles. The van der Waals surface area contributed by atoms with Crippen LogP contribution in [0.3, 0.4) is 0 Å². The van der Waals surface area contributed by atoms with Gasteiger partial charge in [0.25, 0.3) is 5.56 Å². The van der Waals surface area contributed by atoms with Crippen molar-refractivity contribution in [3.8, 4) is 5.75 Å². The number of halogens is 1. The van der Waals surface area contributed by atoms with Gasteiger partial charge >= 0.3 is 0 Å². The molecule has 2 heterocycles. The molecule has 0 aliphatic carbocycles. The first-order valence-corrected chi connectivity index (χ1v) is 6.11. The topological polar surface area (TPSA) is 44.1 Å². The van der Waals surface area contributed by atoms with Crippen LogP contribution in [0.2, 0.25) is 5.02 Å². The van der Waals surface area contributed by atoms with Gasteiger partial charge in [0.05, 0.1) is 24.2 Å². The van der Waals surface area contributed by atoms with Crippen molar-refractivity contribution >= 4 is 33.3 Å². The predicted octanol–water partition coefficient (Wildman–Crippen LogP) is 2.75. The summed E-state index contributed by atoms with van der Waals surface area (Å²) in [6, 6.07) is 5.47. The van der Waals surface area contributed by atoms with Gasteiger partial charge in [-0.15, -0.1) is 0 Å². The molecule has 2 aromatic heterocycles. The van der Waals surface area contributed by atoms with Crippen molar-refractivity contribution in [3.63, 3.8) is 0 Å². The van der Waals surface area contributed by atoms with E-state index in [0.29, 0.717) is 16.2 Å². The van der Waals surface area contributed by atoms with Gasteiger partial charge in [0.2, 0.25) is 0 Å². The van der Waals surface area contributed by atoms with Crippen LogP contribution in [0.5, 0.6) is 5.75 Å². The lowest BCUT2D eigenvalue weighted by molar-refractivity contribution is 0.418. The molecule has 0 N–H and O–H groups in total. The zero-order valence-electron chi connectivity index (χ0n) is 10.5. The van der Waals surface area contributed by atoms with Crippen molar-refractivity contribution < 1.29 is 4.74 Å². The Hall–Kier alpha value is -2.07. The van der Waals surface area contributed by atoms with Crippen LogP contribution in [-0.2, 0) is 7.05 Å². The van der Waals surface area contributed by atoms with Crippen LogP contribution in [-0.4, -0.2) is 16.7 Å². The molecule has 0 aliphatic rings. The minimum absolute atomic E-state index is 0.115. The summed E-state index contributed by atoms with van der Waals surface area (Å²) in [5.74, 6) is 0.586. The normalized spacial score (nSPS) is 11.1. The second-order valence-corrected chi connectivity index (χ2v) is 4.73. The van der Waals surface area contributed by atoms with Crippen LogP contribution in [0.25, 0.3) is 21.7 Å². The minimum Gasteiger partial charge on any atom is -0.494 e. The van der Waals surface area contributed by atoms with Crippen molar-refractivity contribution in [1.29, 1.82) is 0 Å². The van der Waals surface area contributed by atoms with E-state index in [2.05, 4.69) is 4.98 Å². The first kappa shape index (κ1) is 12.0. The van der Waals surface area contributed by atoms with E-state index in [1.165, 1.54) is 0 Å². The van der Waals surface area contributed by atoms with Crippen LogP contribution in [0.15, 0.2) is 35.4 Å². The summed E-state index contributed by atoms with van der Waals surface area (Å²) in [5.41, 5.74) is 0.658. The highest BCUT2D eigenvalue weighted by Gasteiger charge is 2.13. The highest BCUT2D eigenvalue weighted by atomic mass is 35.5. The van der Waals surface area contributed by atoms with Gasteiger partial charge < -0.3 is 9.30 Å². The molecule has 0 fully saturated rings. The van der Waals surface area contributed by atoms with Crippen LogP contribution in [0.4, 0.5) is 0 Å². The third-order valence-corrected chi connectivity index (χ3v) is 3.49. The Labute approximate surface area is 114 Å². The van der Waals surface area contributed by atoms with E-state index in [4.69, 9.17) is 16.3 Å². The van der Waals surface area contributed by atoms with E-state index in [1.54, 1.807) is 43.3 Å². The molecule has 0 atom stereocenters. The second-order valence-electron chi connectivity index (χ2n) is 4.29. The van der Waals surface area contributed by atoms with Gasteiger partial charge in [-0.2, -0.15) is 0 Å². The Morgan fingerprint density at radius 3 is 2.79 bits per heavy atom. The molecule has 0 radical (unpaired) electrons. The lowest BCUT2D eigenvalue weighted by Crippen LogP contribution is -2.17. The number of rotatable bonds is 1. The number of ether oxygens (including phenoxy) is 1. The standard InChI is InChI=1S/C14H11ClN2O2/c1-17-11-5-8(15)3-4-9(11)13-10(14(17)18)6-16-7-12(13)19-2/h3-7H,1-2H3. The molecule has 0 amide bonds. The number of methoxy groups -OCH3 is 1. The van der Waals surface area contributed by atoms with Crippen LogP contribution >= 0.6 is 11.6 Å². The molecule has 4 nitrogen and oxygen atoms in total. The lowest BCUT2D eigenvalue weighted by atomic mass is 10.1. The van der Waals surface area contributed by atoms with Crippen molar-refractivity contribution in [2.75, 3.05) is 7.11 Å². The average molecular weight is 275 g/mol. The van der Waals surface area contributed by atoms with Crippen LogP contribution < -0.4 is 10.3 Å². The highest BCUT2D eigenvalue weighted by molar-refractivity contribution is 6.31. The second kappa shape index (κ2) is 4.24. The number of pyridine rings is 2. The third-order valence-electron chi connectivity index (χ3n) is 3.26. The Morgan fingerprint density at radius 1 is 1.26 bits per heavy atom. The maximum absolute atomic E-state index is 12.3. The van der Waals surface area contributed by atoms with E-state index < -0.39 is 0 Å². The van der Waals surface area contributed by atoms with Gasteiger partial charge in [0, 0.05) is 29.0 Å². The van der Waals surface area contributed by atoms with Crippen LogP contribution in [0.1, 0.15) is 0 Å². The molecule has 0 saturated heterocycles. The molecule has 0 bridgehead atoms.